The van der Waals surface area contributed by atoms with Gasteiger partial charge in [0.1, 0.15) is 5.75 Å². The summed E-state index contributed by atoms with van der Waals surface area (Å²) in [6.45, 7) is 3.98. The minimum absolute atomic E-state index is 0.0278. The zero-order chi connectivity index (χ0) is 22.2. The fourth-order valence-corrected chi connectivity index (χ4v) is 3.25. The molecular weight excluding hydrogens is 394 g/mol. The standard InChI is InChI=1S/C23H27N5O3/c1-4-15(2)20(16-10-6-5-7-11-16)21(29)31-14-19-26-22(24)28-23(27-19)25-17-12-8-9-13-18(17)30-3/h5-13,15,20H,4,14H2,1-3H3,(H3,24,25,26,27,28). The number of anilines is 3. The van der Waals surface area contributed by atoms with Crippen LogP contribution < -0.4 is 15.8 Å². The molecule has 2 aromatic carbocycles. The molecule has 0 aliphatic carbocycles. The van der Waals surface area contributed by atoms with Gasteiger partial charge in [0, 0.05) is 0 Å². The number of nitrogens with two attached hydrogens (primary N) is 1. The number of esters is 1. The lowest BCUT2D eigenvalue weighted by Crippen LogP contribution is -2.22. The molecule has 8 heteroatoms. The first-order valence-electron chi connectivity index (χ1n) is 10.1. The molecule has 162 valence electrons. The molecule has 3 rings (SSSR count). The predicted octanol–water partition coefficient (Wildman–Crippen LogP) is 4.08. The van der Waals surface area contributed by atoms with E-state index in [2.05, 4.69) is 27.2 Å². The summed E-state index contributed by atoms with van der Waals surface area (Å²) >= 11 is 0. The summed E-state index contributed by atoms with van der Waals surface area (Å²) < 4.78 is 10.9. The van der Waals surface area contributed by atoms with Crippen molar-refractivity contribution in [3.8, 4) is 5.75 Å². The van der Waals surface area contributed by atoms with Crippen molar-refractivity contribution in [2.75, 3.05) is 18.2 Å². The van der Waals surface area contributed by atoms with Gasteiger partial charge in [0.2, 0.25) is 11.9 Å². The molecule has 8 nitrogen and oxygen atoms in total. The van der Waals surface area contributed by atoms with Crippen LogP contribution >= 0.6 is 0 Å². The first kappa shape index (κ1) is 22.0. The van der Waals surface area contributed by atoms with Gasteiger partial charge in [0.05, 0.1) is 18.7 Å². The fourth-order valence-electron chi connectivity index (χ4n) is 3.25. The Kier molecular flexibility index (Phi) is 7.37. The molecule has 0 aliphatic rings. The van der Waals surface area contributed by atoms with Gasteiger partial charge in [0.15, 0.2) is 12.4 Å². The van der Waals surface area contributed by atoms with E-state index in [1.165, 1.54) is 0 Å². The van der Waals surface area contributed by atoms with E-state index in [0.29, 0.717) is 11.4 Å². The van der Waals surface area contributed by atoms with Gasteiger partial charge < -0.3 is 20.5 Å². The van der Waals surface area contributed by atoms with E-state index in [1.807, 2.05) is 61.5 Å². The predicted molar refractivity (Wildman–Crippen MR) is 119 cm³/mol. The van der Waals surface area contributed by atoms with E-state index in [1.54, 1.807) is 7.11 Å². The Balaban J connectivity index is 1.74. The van der Waals surface area contributed by atoms with Crippen molar-refractivity contribution in [3.05, 3.63) is 66.0 Å². The van der Waals surface area contributed by atoms with E-state index >= 15 is 0 Å². The molecule has 3 N–H and O–H groups in total. The highest BCUT2D eigenvalue weighted by atomic mass is 16.5. The van der Waals surface area contributed by atoms with Crippen molar-refractivity contribution in [2.24, 2.45) is 5.92 Å². The number of nitrogens with zero attached hydrogens (tertiary/aromatic N) is 3. The maximum Gasteiger partial charge on any atom is 0.314 e. The third-order valence-corrected chi connectivity index (χ3v) is 5.02. The maximum absolute atomic E-state index is 12.9. The summed E-state index contributed by atoms with van der Waals surface area (Å²) in [4.78, 5) is 25.4. The lowest BCUT2D eigenvalue weighted by atomic mass is 9.86. The van der Waals surface area contributed by atoms with Crippen molar-refractivity contribution in [1.82, 2.24) is 15.0 Å². The number of nitrogens with one attached hydrogen (secondary N) is 1. The van der Waals surface area contributed by atoms with Crippen LogP contribution in [0.15, 0.2) is 54.6 Å². The molecule has 3 aromatic rings. The summed E-state index contributed by atoms with van der Waals surface area (Å²) in [5.74, 6) is 0.601. The van der Waals surface area contributed by atoms with Crippen LogP contribution in [0.2, 0.25) is 0 Å². The molecule has 2 unspecified atom stereocenters. The molecule has 0 bridgehead atoms. The second-order valence-corrected chi connectivity index (χ2v) is 7.14. The van der Waals surface area contributed by atoms with Crippen molar-refractivity contribution in [2.45, 2.75) is 32.8 Å². The molecule has 1 heterocycles. The van der Waals surface area contributed by atoms with Gasteiger partial charge in [-0.05, 0) is 23.6 Å². The molecule has 0 amide bonds. The Bertz CT molecular complexity index is 1010. The summed E-state index contributed by atoms with van der Waals surface area (Å²) in [5, 5.41) is 3.06. The minimum Gasteiger partial charge on any atom is -0.495 e. The van der Waals surface area contributed by atoms with Crippen molar-refractivity contribution < 1.29 is 14.3 Å². The third kappa shape index (κ3) is 5.69. The second-order valence-electron chi connectivity index (χ2n) is 7.14. The van der Waals surface area contributed by atoms with Crippen molar-refractivity contribution in [1.29, 1.82) is 0 Å². The smallest absolute Gasteiger partial charge is 0.314 e. The number of carbonyl (C=O) groups excluding carboxylic acids is 1. The topological polar surface area (TPSA) is 112 Å². The lowest BCUT2D eigenvalue weighted by molar-refractivity contribution is -0.148. The van der Waals surface area contributed by atoms with Gasteiger partial charge in [-0.15, -0.1) is 0 Å². The molecule has 0 aliphatic heterocycles. The van der Waals surface area contributed by atoms with Crippen LogP contribution in [-0.4, -0.2) is 28.0 Å². The normalized spacial score (nSPS) is 12.6. The van der Waals surface area contributed by atoms with Crippen LogP contribution in [0.25, 0.3) is 0 Å². The van der Waals surface area contributed by atoms with E-state index in [0.717, 1.165) is 12.0 Å². The van der Waals surface area contributed by atoms with Crippen LogP contribution in [0, 0.1) is 5.92 Å². The summed E-state index contributed by atoms with van der Waals surface area (Å²) in [5.41, 5.74) is 7.44. The molecule has 1 aromatic heterocycles. The van der Waals surface area contributed by atoms with E-state index in [9.17, 15) is 4.79 Å². The Morgan fingerprint density at radius 1 is 1.06 bits per heavy atom. The van der Waals surface area contributed by atoms with Gasteiger partial charge in [-0.2, -0.15) is 15.0 Å². The number of hydrogen-bond donors (Lipinski definition) is 2. The summed E-state index contributed by atoms with van der Waals surface area (Å²) in [7, 11) is 1.58. The van der Waals surface area contributed by atoms with Crippen LogP contribution in [0.1, 0.15) is 37.6 Å². The van der Waals surface area contributed by atoms with Crippen molar-refractivity contribution in [3.63, 3.8) is 0 Å². The second kappa shape index (κ2) is 10.4. The number of para-hydroxylation sites is 2. The SMILES string of the molecule is CCC(C)C(C(=O)OCc1nc(N)nc(Nc2ccccc2OC)n1)c1ccccc1. The van der Waals surface area contributed by atoms with Gasteiger partial charge in [0.25, 0.3) is 0 Å². The molecule has 2 atom stereocenters. The summed E-state index contributed by atoms with van der Waals surface area (Å²) in [6, 6.07) is 17.0. The molecule has 0 saturated heterocycles. The number of nitrogen functional groups attached to an aromatic ring is 1. The third-order valence-electron chi connectivity index (χ3n) is 5.02. The van der Waals surface area contributed by atoms with Crippen LogP contribution in [0.5, 0.6) is 5.75 Å². The van der Waals surface area contributed by atoms with Crippen LogP contribution in [0.3, 0.4) is 0 Å². The average molecular weight is 422 g/mol. The van der Waals surface area contributed by atoms with Gasteiger partial charge in [-0.3, -0.25) is 4.79 Å². The molecule has 0 spiro atoms. The highest BCUT2D eigenvalue weighted by Gasteiger charge is 2.27. The van der Waals surface area contributed by atoms with Gasteiger partial charge in [-0.1, -0.05) is 62.7 Å². The molecule has 0 fully saturated rings. The molecule has 0 saturated carbocycles. The molecular formula is C23H27N5O3. The Labute approximate surface area is 181 Å². The first-order valence-corrected chi connectivity index (χ1v) is 10.1. The van der Waals surface area contributed by atoms with Crippen molar-refractivity contribution >= 4 is 23.6 Å². The van der Waals surface area contributed by atoms with E-state index < -0.39 is 0 Å². The number of rotatable bonds is 9. The minimum atomic E-state index is -0.364. The quantitative estimate of drug-likeness (QED) is 0.497. The number of benzene rings is 2. The largest absolute Gasteiger partial charge is 0.495 e. The monoisotopic (exact) mass is 421 g/mol. The fraction of sp³-hybridized carbons (Fsp3) is 0.304. The van der Waals surface area contributed by atoms with Gasteiger partial charge in [-0.25, -0.2) is 0 Å². The Hall–Kier alpha value is -3.68. The highest BCUT2D eigenvalue weighted by Crippen LogP contribution is 2.29. The molecule has 31 heavy (non-hydrogen) atoms. The zero-order valence-electron chi connectivity index (χ0n) is 17.9. The average Bonchev–Trinajstić information content (AvgIpc) is 2.78. The maximum atomic E-state index is 12.9. The van der Waals surface area contributed by atoms with E-state index in [-0.39, 0.29) is 42.1 Å². The van der Waals surface area contributed by atoms with E-state index in [4.69, 9.17) is 15.2 Å². The number of carbonyl (C=O) groups is 1. The zero-order valence-corrected chi connectivity index (χ0v) is 17.9. The lowest BCUT2D eigenvalue weighted by Gasteiger charge is -2.21. The van der Waals surface area contributed by atoms with Crippen LogP contribution in [-0.2, 0) is 16.1 Å². The van der Waals surface area contributed by atoms with Gasteiger partial charge >= 0.3 is 5.97 Å². The summed E-state index contributed by atoms with van der Waals surface area (Å²) in [6.07, 6.45) is 0.848. The number of aromatic nitrogens is 3. The Morgan fingerprint density at radius 3 is 2.48 bits per heavy atom. The Morgan fingerprint density at radius 2 is 1.77 bits per heavy atom. The number of ether oxygens (including phenoxy) is 2. The first-order chi connectivity index (χ1) is 15.0. The number of methoxy groups -OCH3 is 1. The van der Waals surface area contributed by atoms with Crippen LogP contribution in [0.4, 0.5) is 17.6 Å². The number of hydrogen-bond acceptors (Lipinski definition) is 8. The molecule has 0 radical (unpaired) electrons. The highest BCUT2D eigenvalue weighted by molar-refractivity contribution is 5.78.